The summed E-state index contributed by atoms with van der Waals surface area (Å²) in [6.45, 7) is 0.940. The van der Waals surface area contributed by atoms with E-state index in [9.17, 15) is 14.7 Å². The highest BCUT2D eigenvalue weighted by atomic mass is 16.6. The highest BCUT2D eigenvalue weighted by Gasteiger charge is 2.32. The van der Waals surface area contributed by atoms with Crippen LogP contribution in [0.15, 0.2) is 48.5 Å². The molecular formula is C22H24N2O5. The fourth-order valence-corrected chi connectivity index (χ4v) is 3.72. The molecule has 0 spiro atoms. The number of benzene rings is 2. The third-order valence-electron chi connectivity index (χ3n) is 5.25. The Morgan fingerprint density at radius 3 is 2.76 bits per heavy atom. The van der Waals surface area contributed by atoms with Gasteiger partial charge in [0.05, 0.1) is 18.8 Å². The maximum absolute atomic E-state index is 12.8. The second-order valence-corrected chi connectivity index (χ2v) is 7.26. The van der Waals surface area contributed by atoms with E-state index in [1.807, 2.05) is 48.5 Å². The maximum atomic E-state index is 12.8. The lowest BCUT2D eigenvalue weighted by atomic mass is 10.1. The number of anilines is 2. The minimum absolute atomic E-state index is 0.200. The van der Waals surface area contributed by atoms with Crippen LogP contribution in [-0.4, -0.2) is 43.1 Å². The maximum Gasteiger partial charge on any atom is 0.414 e. The lowest BCUT2D eigenvalue weighted by Crippen LogP contribution is -2.32. The molecule has 152 valence electrons. The minimum atomic E-state index is -0.509. The van der Waals surface area contributed by atoms with Crippen molar-refractivity contribution in [3.05, 3.63) is 59.7 Å². The van der Waals surface area contributed by atoms with Crippen LogP contribution in [0.25, 0.3) is 0 Å². The molecule has 0 radical (unpaired) electrons. The molecule has 0 aliphatic carbocycles. The number of cyclic esters (lactones) is 1. The van der Waals surface area contributed by atoms with Crippen LogP contribution in [0.3, 0.4) is 0 Å². The number of ether oxygens (including phenoxy) is 2. The normalized spacial score (nSPS) is 18.8. The van der Waals surface area contributed by atoms with Crippen molar-refractivity contribution in [3.8, 4) is 0 Å². The van der Waals surface area contributed by atoms with Gasteiger partial charge in [-0.15, -0.1) is 0 Å². The van der Waals surface area contributed by atoms with Gasteiger partial charge in [-0.1, -0.05) is 30.3 Å². The highest BCUT2D eigenvalue weighted by Crippen LogP contribution is 2.32. The number of nitrogens with zero attached hydrogens (tertiary/aromatic N) is 2. The van der Waals surface area contributed by atoms with E-state index in [0.717, 1.165) is 36.1 Å². The fourth-order valence-electron chi connectivity index (χ4n) is 3.72. The zero-order valence-corrected chi connectivity index (χ0v) is 16.1. The third kappa shape index (κ3) is 4.19. The number of hydrogen-bond donors (Lipinski definition) is 1. The molecule has 0 aromatic heterocycles. The van der Waals surface area contributed by atoms with Gasteiger partial charge in [-0.3, -0.25) is 9.80 Å². The zero-order chi connectivity index (χ0) is 20.2. The number of rotatable bonds is 4. The smallest absolute Gasteiger partial charge is 0.414 e. The number of fused-ring (bicyclic) bond motifs is 1. The minimum Gasteiger partial charge on any atom is -0.444 e. The number of carbonyl (C=O) groups is 2. The predicted molar refractivity (Wildman–Crippen MR) is 108 cm³/mol. The molecule has 0 saturated carbocycles. The lowest BCUT2D eigenvalue weighted by Gasteiger charge is -2.23. The van der Waals surface area contributed by atoms with Crippen molar-refractivity contribution in [1.29, 1.82) is 0 Å². The van der Waals surface area contributed by atoms with E-state index in [2.05, 4.69) is 0 Å². The van der Waals surface area contributed by atoms with Gasteiger partial charge < -0.3 is 14.6 Å². The van der Waals surface area contributed by atoms with Crippen molar-refractivity contribution in [2.45, 2.75) is 32.0 Å². The Hall–Kier alpha value is -3.06. The Balaban J connectivity index is 1.52. The molecule has 2 aliphatic rings. The molecule has 7 heteroatoms. The van der Waals surface area contributed by atoms with Crippen LogP contribution in [0.2, 0.25) is 0 Å². The van der Waals surface area contributed by atoms with Crippen LogP contribution in [0.5, 0.6) is 0 Å². The van der Waals surface area contributed by atoms with Crippen LogP contribution in [0, 0.1) is 0 Å². The van der Waals surface area contributed by atoms with Gasteiger partial charge in [0, 0.05) is 12.2 Å². The molecule has 2 aliphatic heterocycles. The monoisotopic (exact) mass is 396 g/mol. The average Bonchev–Trinajstić information content (AvgIpc) is 3.00. The van der Waals surface area contributed by atoms with Crippen molar-refractivity contribution in [1.82, 2.24) is 0 Å². The molecule has 4 rings (SSSR count). The molecule has 1 saturated heterocycles. The van der Waals surface area contributed by atoms with Crippen molar-refractivity contribution < 1.29 is 24.2 Å². The Labute approximate surface area is 169 Å². The quantitative estimate of drug-likeness (QED) is 0.856. The van der Waals surface area contributed by atoms with Gasteiger partial charge in [0.15, 0.2) is 0 Å². The number of aliphatic hydroxyl groups excluding tert-OH is 1. The van der Waals surface area contributed by atoms with E-state index in [0.29, 0.717) is 18.8 Å². The van der Waals surface area contributed by atoms with Gasteiger partial charge in [-0.2, -0.15) is 0 Å². The van der Waals surface area contributed by atoms with E-state index in [4.69, 9.17) is 9.47 Å². The summed E-state index contributed by atoms with van der Waals surface area (Å²) in [7, 11) is 0. The summed E-state index contributed by atoms with van der Waals surface area (Å²) >= 11 is 0. The van der Waals surface area contributed by atoms with E-state index in [1.165, 1.54) is 4.90 Å². The summed E-state index contributed by atoms with van der Waals surface area (Å²) in [6.07, 6.45) is 1.30. The summed E-state index contributed by atoms with van der Waals surface area (Å²) in [5, 5.41) is 9.24. The molecule has 1 N–H and O–H groups in total. The van der Waals surface area contributed by atoms with Gasteiger partial charge in [0.1, 0.15) is 12.7 Å². The second-order valence-electron chi connectivity index (χ2n) is 7.26. The number of aliphatic hydroxyl groups is 1. The number of hydrogen-bond acceptors (Lipinski definition) is 5. The Morgan fingerprint density at radius 1 is 1.17 bits per heavy atom. The lowest BCUT2D eigenvalue weighted by molar-refractivity contribution is 0.0963. The van der Waals surface area contributed by atoms with Crippen molar-refractivity contribution in [3.63, 3.8) is 0 Å². The Morgan fingerprint density at radius 2 is 2.00 bits per heavy atom. The highest BCUT2D eigenvalue weighted by molar-refractivity contribution is 5.92. The third-order valence-corrected chi connectivity index (χ3v) is 5.25. The van der Waals surface area contributed by atoms with E-state index >= 15 is 0 Å². The standard InChI is InChI=1S/C22H24N2O5/c25-14-19-13-24(22(27)29-19)18-9-10-20-17(12-18)8-4-5-11-23(20)21(26)28-15-16-6-2-1-3-7-16/h1-3,6-7,9-10,12,19,25H,4-5,8,11,13-15H2/t19-/m1/s1. The molecule has 2 aromatic rings. The Kier molecular flexibility index (Phi) is 5.67. The Bertz CT molecular complexity index is 886. The predicted octanol–water partition coefficient (Wildman–Crippen LogP) is 3.48. The van der Waals surface area contributed by atoms with E-state index in [-0.39, 0.29) is 19.3 Å². The summed E-state index contributed by atoms with van der Waals surface area (Å²) < 4.78 is 10.7. The van der Waals surface area contributed by atoms with Crippen LogP contribution in [-0.2, 0) is 22.5 Å². The largest absolute Gasteiger partial charge is 0.444 e. The first kappa shape index (κ1) is 19.3. The first-order chi connectivity index (χ1) is 14.2. The molecule has 0 bridgehead atoms. The van der Waals surface area contributed by atoms with Crippen molar-refractivity contribution in [2.75, 3.05) is 29.5 Å². The summed E-state index contributed by atoms with van der Waals surface area (Å²) in [5.74, 6) is 0. The molecule has 2 aromatic carbocycles. The molecule has 1 fully saturated rings. The van der Waals surface area contributed by atoms with Crippen LogP contribution < -0.4 is 9.80 Å². The summed E-state index contributed by atoms with van der Waals surface area (Å²) in [4.78, 5) is 28.0. The van der Waals surface area contributed by atoms with Crippen LogP contribution >= 0.6 is 0 Å². The van der Waals surface area contributed by atoms with Gasteiger partial charge >= 0.3 is 12.2 Å². The SMILES string of the molecule is O=C1O[C@@H](CO)CN1c1ccc2c(c1)CCCCN2C(=O)OCc1ccccc1. The zero-order valence-electron chi connectivity index (χ0n) is 16.1. The first-order valence-electron chi connectivity index (χ1n) is 9.86. The topological polar surface area (TPSA) is 79.3 Å². The molecular weight excluding hydrogens is 372 g/mol. The first-order valence-corrected chi connectivity index (χ1v) is 9.86. The van der Waals surface area contributed by atoms with Gasteiger partial charge in [-0.05, 0) is 48.6 Å². The molecule has 2 amide bonds. The summed E-state index contributed by atoms with van der Waals surface area (Å²) in [5.41, 5.74) is 3.47. The number of aryl methyl sites for hydroxylation is 1. The van der Waals surface area contributed by atoms with Crippen LogP contribution in [0.1, 0.15) is 24.0 Å². The second kappa shape index (κ2) is 8.53. The number of carbonyl (C=O) groups excluding carboxylic acids is 2. The molecule has 1 atom stereocenters. The molecule has 7 nitrogen and oxygen atoms in total. The van der Waals surface area contributed by atoms with Gasteiger partial charge in [0.25, 0.3) is 0 Å². The molecule has 29 heavy (non-hydrogen) atoms. The number of amides is 2. The van der Waals surface area contributed by atoms with E-state index in [1.54, 1.807) is 4.90 Å². The van der Waals surface area contributed by atoms with Gasteiger partial charge in [0.2, 0.25) is 0 Å². The van der Waals surface area contributed by atoms with E-state index < -0.39 is 12.2 Å². The fraction of sp³-hybridized carbons (Fsp3) is 0.364. The van der Waals surface area contributed by atoms with Crippen molar-refractivity contribution in [2.24, 2.45) is 0 Å². The summed E-state index contributed by atoms with van der Waals surface area (Å²) in [6, 6.07) is 15.2. The van der Waals surface area contributed by atoms with Crippen LogP contribution in [0.4, 0.5) is 21.0 Å². The molecule has 2 heterocycles. The average molecular weight is 396 g/mol. The van der Waals surface area contributed by atoms with Crippen molar-refractivity contribution >= 4 is 23.6 Å². The molecule has 0 unspecified atom stereocenters. The van der Waals surface area contributed by atoms with Gasteiger partial charge in [-0.25, -0.2) is 9.59 Å².